The van der Waals surface area contributed by atoms with Crippen molar-refractivity contribution < 1.29 is 4.79 Å². The lowest BCUT2D eigenvalue weighted by atomic mass is 10.1. The lowest BCUT2D eigenvalue weighted by molar-refractivity contribution is 0.0757. The normalized spacial score (nSPS) is 11.0. The minimum Gasteiger partial charge on any atom is -0.334 e. The number of amides is 1. The summed E-state index contributed by atoms with van der Waals surface area (Å²) in [5.74, 6) is 0.598. The molecule has 0 radical (unpaired) electrons. The molecule has 0 saturated heterocycles. The van der Waals surface area contributed by atoms with Crippen molar-refractivity contribution in [1.29, 1.82) is 0 Å². The molecule has 2 aromatic heterocycles. The molecule has 0 spiro atoms. The predicted molar refractivity (Wildman–Crippen MR) is 101 cm³/mol. The fourth-order valence-corrected chi connectivity index (χ4v) is 4.03. The smallest absolute Gasteiger partial charge is 0.264 e. The number of rotatable bonds is 4. The van der Waals surface area contributed by atoms with Gasteiger partial charge in [0.1, 0.15) is 10.7 Å². The van der Waals surface area contributed by atoms with Crippen LogP contribution in [0.5, 0.6) is 0 Å². The summed E-state index contributed by atoms with van der Waals surface area (Å²) in [5.41, 5.74) is 1.72. The van der Waals surface area contributed by atoms with Gasteiger partial charge in [-0.3, -0.25) is 14.2 Å². The molecule has 0 aliphatic carbocycles. The molecule has 0 aliphatic heterocycles. The first kappa shape index (κ1) is 17.4. The van der Waals surface area contributed by atoms with Crippen LogP contribution >= 0.6 is 11.3 Å². The van der Waals surface area contributed by atoms with Gasteiger partial charge in [0.15, 0.2) is 0 Å². The fourth-order valence-electron chi connectivity index (χ4n) is 2.84. The van der Waals surface area contributed by atoms with Gasteiger partial charge >= 0.3 is 0 Å². The molecule has 0 N–H and O–H groups in total. The van der Waals surface area contributed by atoms with Crippen molar-refractivity contribution in [2.24, 2.45) is 7.05 Å². The number of aromatic nitrogens is 2. The zero-order chi connectivity index (χ0) is 18.1. The molecule has 5 nitrogen and oxygen atoms in total. The van der Waals surface area contributed by atoms with E-state index in [4.69, 9.17) is 0 Å². The van der Waals surface area contributed by atoms with Crippen molar-refractivity contribution in [2.45, 2.75) is 27.3 Å². The highest BCUT2D eigenvalue weighted by molar-refractivity contribution is 7.20. The number of nitrogens with zero attached hydrogens (tertiary/aromatic N) is 3. The van der Waals surface area contributed by atoms with Crippen LogP contribution in [-0.2, 0) is 13.6 Å². The first-order chi connectivity index (χ1) is 11.9. The molecule has 0 fully saturated rings. The van der Waals surface area contributed by atoms with Gasteiger partial charge in [0.2, 0.25) is 0 Å². The summed E-state index contributed by atoms with van der Waals surface area (Å²) >= 11 is 1.31. The Hall–Kier alpha value is -2.47. The van der Waals surface area contributed by atoms with Crippen molar-refractivity contribution in [2.75, 3.05) is 6.54 Å². The van der Waals surface area contributed by atoms with E-state index < -0.39 is 0 Å². The van der Waals surface area contributed by atoms with E-state index in [1.165, 1.54) is 15.9 Å². The van der Waals surface area contributed by atoms with Crippen LogP contribution < -0.4 is 5.56 Å². The van der Waals surface area contributed by atoms with Crippen molar-refractivity contribution in [3.63, 3.8) is 0 Å². The lowest BCUT2D eigenvalue weighted by Gasteiger charge is -2.20. The summed E-state index contributed by atoms with van der Waals surface area (Å²) in [6.07, 6.45) is 0. The molecule has 0 aliphatic rings. The van der Waals surface area contributed by atoms with Gasteiger partial charge in [-0.05, 0) is 31.9 Å². The molecular weight excluding hydrogens is 334 g/mol. The second kappa shape index (κ2) is 6.80. The molecule has 0 bridgehead atoms. The SMILES string of the molecule is CCN(Cc1ccccc1)C(=O)c1sc2nc(C)n(C)c(=O)c2c1C. The van der Waals surface area contributed by atoms with E-state index in [1.54, 1.807) is 18.9 Å². The molecule has 130 valence electrons. The van der Waals surface area contributed by atoms with Gasteiger partial charge in [-0.15, -0.1) is 11.3 Å². The maximum absolute atomic E-state index is 13.1. The third kappa shape index (κ3) is 3.09. The van der Waals surface area contributed by atoms with Crippen LogP contribution in [0.2, 0.25) is 0 Å². The summed E-state index contributed by atoms with van der Waals surface area (Å²) < 4.78 is 1.53. The molecule has 0 atom stereocenters. The Labute approximate surface area is 150 Å². The van der Waals surface area contributed by atoms with Gasteiger partial charge in [0, 0.05) is 20.1 Å². The third-order valence-corrected chi connectivity index (χ3v) is 5.65. The Morgan fingerprint density at radius 1 is 1.24 bits per heavy atom. The quantitative estimate of drug-likeness (QED) is 0.722. The number of thiophene rings is 1. The minimum atomic E-state index is -0.0959. The summed E-state index contributed by atoms with van der Waals surface area (Å²) in [6, 6.07) is 9.91. The first-order valence-electron chi connectivity index (χ1n) is 8.24. The Bertz CT molecular complexity index is 989. The van der Waals surface area contributed by atoms with Crippen LogP contribution in [0.3, 0.4) is 0 Å². The van der Waals surface area contributed by atoms with Crippen LogP contribution in [0.1, 0.15) is 33.5 Å². The van der Waals surface area contributed by atoms with Gasteiger partial charge in [0.05, 0.1) is 10.3 Å². The highest BCUT2D eigenvalue weighted by atomic mass is 32.1. The second-order valence-corrected chi connectivity index (χ2v) is 7.06. The summed E-state index contributed by atoms with van der Waals surface area (Å²) in [4.78, 5) is 33.1. The Morgan fingerprint density at radius 3 is 2.56 bits per heavy atom. The average Bonchev–Trinajstić information content (AvgIpc) is 2.94. The zero-order valence-corrected chi connectivity index (χ0v) is 15.7. The largest absolute Gasteiger partial charge is 0.334 e. The highest BCUT2D eigenvalue weighted by Gasteiger charge is 2.23. The number of carbonyl (C=O) groups excluding carboxylic acids is 1. The summed E-state index contributed by atoms with van der Waals surface area (Å²) in [6.45, 7) is 6.75. The Morgan fingerprint density at radius 2 is 1.92 bits per heavy atom. The maximum atomic E-state index is 13.1. The minimum absolute atomic E-state index is 0.0495. The topological polar surface area (TPSA) is 55.2 Å². The maximum Gasteiger partial charge on any atom is 0.264 e. The fraction of sp³-hybridized carbons (Fsp3) is 0.316. The van der Waals surface area contributed by atoms with E-state index in [2.05, 4.69) is 4.98 Å². The Kier molecular flexibility index (Phi) is 4.72. The van der Waals surface area contributed by atoms with Crippen LogP contribution in [0.4, 0.5) is 0 Å². The molecule has 0 unspecified atom stereocenters. The number of hydrogen-bond acceptors (Lipinski definition) is 4. The predicted octanol–water partition coefficient (Wildman–Crippen LogP) is 3.27. The lowest BCUT2D eigenvalue weighted by Crippen LogP contribution is -2.30. The van der Waals surface area contributed by atoms with Crippen molar-refractivity contribution in [1.82, 2.24) is 14.5 Å². The van der Waals surface area contributed by atoms with E-state index in [9.17, 15) is 9.59 Å². The van der Waals surface area contributed by atoms with E-state index in [1.807, 2.05) is 44.2 Å². The van der Waals surface area contributed by atoms with Crippen LogP contribution in [0, 0.1) is 13.8 Å². The molecular formula is C19H21N3O2S. The van der Waals surface area contributed by atoms with E-state index in [0.29, 0.717) is 34.0 Å². The number of fused-ring (bicyclic) bond motifs is 1. The highest BCUT2D eigenvalue weighted by Crippen LogP contribution is 2.28. The van der Waals surface area contributed by atoms with E-state index >= 15 is 0 Å². The van der Waals surface area contributed by atoms with Gasteiger partial charge in [-0.25, -0.2) is 4.98 Å². The van der Waals surface area contributed by atoms with Crippen LogP contribution in [0.25, 0.3) is 10.2 Å². The Balaban J connectivity index is 2.03. The van der Waals surface area contributed by atoms with Gasteiger partial charge in [-0.2, -0.15) is 0 Å². The van der Waals surface area contributed by atoms with Crippen molar-refractivity contribution in [3.05, 3.63) is 62.5 Å². The van der Waals surface area contributed by atoms with Crippen molar-refractivity contribution in [3.8, 4) is 0 Å². The zero-order valence-electron chi connectivity index (χ0n) is 14.9. The van der Waals surface area contributed by atoms with E-state index in [-0.39, 0.29) is 11.5 Å². The van der Waals surface area contributed by atoms with Crippen LogP contribution in [0.15, 0.2) is 35.1 Å². The summed E-state index contributed by atoms with van der Waals surface area (Å²) in [5, 5.41) is 0.553. The molecule has 2 heterocycles. The summed E-state index contributed by atoms with van der Waals surface area (Å²) in [7, 11) is 1.70. The molecule has 3 rings (SSSR count). The molecule has 3 aromatic rings. The third-order valence-electron chi connectivity index (χ3n) is 4.47. The molecule has 25 heavy (non-hydrogen) atoms. The molecule has 1 amide bonds. The molecule has 6 heteroatoms. The van der Waals surface area contributed by atoms with E-state index in [0.717, 1.165) is 11.1 Å². The number of hydrogen-bond donors (Lipinski definition) is 0. The molecule has 1 aromatic carbocycles. The number of carbonyl (C=O) groups is 1. The molecule has 0 saturated carbocycles. The second-order valence-electron chi connectivity index (χ2n) is 6.06. The van der Waals surface area contributed by atoms with Gasteiger partial charge in [0.25, 0.3) is 11.5 Å². The first-order valence-corrected chi connectivity index (χ1v) is 9.05. The average molecular weight is 355 g/mol. The van der Waals surface area contributed by atoms with Gasteiger partial charge in [-0.1, -0.05) is 30.3 Å². The van der Waals surface area contributed by atoms with Crippen molar-refractivity contribution >= 4 is 27.5 Å². The van der Waals surface area contributed by atoms with Crippen LogP contribution in [-0.4, -0.2) is 26.9 Å². The number of benzene rings is 1. The standard InChI is InChI=1S/C19H21N3O2S/c1-5-22(11-14-9-7-6-8-10-14)19(24)16-12(2)15-17(25-16)20-13(3)21(4)18(15)23/h6-10H,5,11H2,1-4H3. The monoisotopic (exact) mass is 355 g/mol. The number of aryl methyl sites for hydroxylation is 2. The van der Waals surface area contributed by atoms with Gasteiger partial charge < -0.3 is 4.90 Å².